The number of sulfonamides is 1. The van der Waals surface area contributed by atoms with Crippen LogP contribution in [0, 0.1) is 0 Å². The summed E-state index contributed by atoms with van der Waals surface area (Å²) in [4.78, 5) is 0.442. The van der Waals surface area contributed by atoms with Crippen molar-refractivity contribution in [1.82, 2.24) is 19.5 Å². The smallest absolute Gasteiger partial charge is 0.237 e. The summed E-state index contributed by atoms with van der Waals surface area (Å²) in [6, 6.07) is 7.91. The van der Waals surface area contributed by atoms with Crippen molar-refractivity contribution in [3.63, 3.8) is 0 Å². The Hall–Kier alpha value is -1.99. The molecule has 0 bridgehead atoms. The van der Waals surface area contributed by atoms with Gasteiger partial charge >= 0.3 is 0 Å². The third kappa shape index (κ3) is 2.70. The number of nitrogens with one attached hydrogen (secondary N) is 1. The van der Waals surface area contributed by atoms with Gasteiger partial charge in [-0.2, -0.15) is 0 Å². The van der Waals surface area contributed by atoms with Gasteiger partial charge in [-0.1, -0.05) is 24.3 Å². The lowest BCUT2D eigenvalue weighted by Crippen LogP contribution is -2.27. The summed E-state index contributed by atoms with van der Waals surface area (Å²) in [5.74, 6) is 1.64. The predicted molar refractivity (Wildman–Crippen MR) is 86.8 cm³/mol. The molecule has 0 unspecified atom stereocenters. The zero-order valence-electron chi connectivity index (χ0n) is 12.7. The molecule has 0 saturated carbocycles. The Bertz CT molecular complexity index is 883. The third-order valence-electron chi connectivity index (χ3n) is 4.46. The Labute approximate surface area is 135 Å². The van der Waals surface area contributed by atoms with Gasteiger partial charge in [-0.15, -0.1) is 10.2 Å². The third-order valence-corrected chi connectivity index (χ3v) is 6.00. The van der Waals surface area contributed by atoms with E-state index in [2.05, 4.69) is 14.9 Å². The normalized spacial score (nSPS) is 16.8. The van der Waals surface area contributed by atoms with E-state index in [0.717, 1.165) is 37.2 Å². The standard InChI is InChI=1S/C16H18N4O2S/c21-23(22,14-8-7-12-4-1-2-5-13(12)10-14)17-11-16-19-18-15-6-3-9-20(15)16/h1-2,4-5,10,17H,3,6-9,11H2. The van der Waals surface area contributed by atoms with Crippen LogP contribution in [0.2, 0.25) is 0 Å². The molecule has 0 fully saturated rings. The van der Waals surface area contributed by atoms with Gasteiger partial charge in [0.2, 0.25) is 10.0 Å². The summed E-state index contributed by atoms with van der Waals surface area (Å²) in [5.41, 5.74) is 2.18. The number of benzene rings is 1. The molecule has 0 radical (unpaired) electrons. The highest BCUT2D eigenvalue weighted by Gasteiger charge is 2.23. The summed E-state index contributed by atoms with van der Waals surface area (Å²) in [6.45, 7) is 1.06. The molecule has 6 nitrogen and oxygen atoms in total. The van der Waals surface area contributed by atoms with E-state index in [1.807, 2.05) is 28.8 Å². The van der Waals surface area contributed by atoms with Gasteiger partial charge in [-0.25, -0.2) is 13.1 Å². The maximum atomic E-state index is 12.6. The Morgan fingerprint density at radius 2 is 2.00 bits per heavy atom. The van der Waals surface area contributed by atoms with Crippen LogP contribution in [0.3, 0.4) is 0 Å². The number of hydrogen-bond acceptors (Lipinski definition) is 4. The minimum absolute atomic E-state index is 0.189. The lowest BCUT2D eigenvalue weighted by molar-refractivity contribution is 0.579. The van der Waals surface area contributed by atoms with Crippen molar-refractivity contribution >= 4 is 16.1 Å². The van der Waals surface area contributed by atoms with Crippen LogP contribution in [0.4, 0.5) is 0 Å². The van der Waals surface area contributed by atoms with Gasteiger partial charge in [0.1, 0.15) is 11.6 Å². The van der Waals surface area contributed by atoms with E-state index in [1.54, 1.807) is 6.08 Å². The molecule has 0 saturated heterocycles. The average Bonchev–Trinajstić information content (AvgIpc) is 3.16. The quantitative estimate of drug-likeness (QED) is 0.924. The lowest BCUT2D eigenvalue weighted by atomic mass is 9.98. The second kappa shape index (κ2) is 5.58. The first kappa shape index (κ1) is 14.6. The lowest BCUT2D eigenvalue weighted by Gasteiger charge is -2.17. The molecular formula is C16H18N4O2S. The minimum atomic E-state index is -3.49. The van der Waals surface area contributed by atoms with Crippen LogP contribution >= 0.6 is 0 Å². The molecule has 0 spiro atoms. The van der Waals surface area contributed by atoms with Crippen molar-refractivity contribution in [2.75, 3.05) is 0 Å². The molecule has 2 heterocycles. The average molecular weight is 330 g/mol. The highest BCUT2D eigenvalue weighted by molar-refractivity contribution is 7.93. The van der Waals surface area contributed by atoms with Crippen molar-refractivity contribution in [1.29, 1.82) is 0 Å². The zero-order chi connectivity index (χ0) is 15.9. The summed E-state index contributed by atoms with van der Waals surface area (Å²) >= 11 is 0. The number of allylic oxidation sites excluding steroid dienone is 1. The van der Waals surface area contributed by atoms with E-state index in [4.69, 9.17) is 0 Å². The first-order chi connectivity index (χ1) is 11.1. The molecule has 1 aromatic heterocycles. The molecule has 1 aliphatic heterocycles. The highest BCUT2D eigenvalue weighted by Crippen LogP contribution is 2.26. The van der Waals surface area contributed by atoms with Gasteiger partial charge in [0.05, 0.1) is 11.4 Å². The molecule has 1 N–H and O–H groups in total. The van der Waals surface area contributed by atoms with E-state index in [0.29, 0.717) is 17.2 Å². The Morgan fingerprint density at radius 3 is 2.91 bits per heavy atom. The molecule has 0 atom stereocenters. The summed E-state index contributed by atoms with van der Waals surface area (Å²) in [6.07, 6.45) is 5.02. The molecule has 2 aromatic rings. The SMILES string of the molecule is O=S(=O)(NCc1nnc2n1CCC2)C1=Cc2ccccc2CC1. The monoisotopic (exact) mass is 330 g/mol. The fraction of sp³-hybridized carbons (Fsp3) is 0.375. The van der Waals surface area contributed by atoms with Crippen LogP contribution in [-0.4, -0.2) is 23.2 Å². The van der Waals surface area contributed by atoms with E-state index < -0.39 is 10.0 Å². The Balaban J connectivity index is 1.53. The molecule has 1 aliphatic carbocycles. The second-order valence-electron chi connectivity index (χ2n) is 5.92. The number of fused-ring (bicyclic) bond motifs is 2. The molecule has 4 rings (SSSR count). The van der Waals surface area contributed by atoms with Crippen molar-refractivity contribution in [3.05, 3.63) is 51.9 Å². The fourth-order valence-electron chi connectivity index (χ4n) is 3.21. The maximum absolute atomic E-state index is 12.6. The number of aryl methyl sites for hydroxylation is 2. The van der Waals surface area contributed by atoms with E-state index in [9.17, 15) is 8.42 Å². The first-order valence-corrected chi connectivity index (χ1v) is 9.31. The van der Waals surface area contributed by atoms with Crippen molar-refractivity contribution in [2.45, 2.75) is 38.8 Å². The topological polar surface area (TPSA) is 76.9 Å². The van der Waals surface area contributed by atoms with Crippen LogP contribution in [0.1, 0.15) is 35.6 Å². The zero-order valence-corrected chi connectivity index (χ0v) is 13.5. The first-order valence-electron chi connectivity index (χ1n) is 7.82. The van der Waals surface area contributed by atoms with E-state index in [1.165, 1.54) is 5.56 Å². The van der Waals surface area contributed by atoms with Gasteiger partial charge in [-0.05, 0) is 36.5 Å². The van der Waals surface area contributed by atoms with E-state index >= 15 is 0 Å². The highest BCUT2D eigenvalue weighted by atomic mass is 32.2. The Kier molecular flexibility index (Phi) is 3.54. The van der Waals surface area contributed by atoms with Gasteiger partial charge in [-0.3, -0.25) is 0 Å². The summed E-state index contributed by atoms with van der Waals surface area (Å²) < 4.78 is 29.8. The number of aromatic nitrogens is 3. The Morgan fingerprint density at radius 1 is 1.13 bits per heavy atom. The predicted octanol–water partition coefficient (Wildman–Crippen LogP) is 1.63. The van der Waals surface area contributed by atoms with Gasteiger partial charge in [0.25, 0.3) is 0 Å². The largest absolute Gasteiger partial charge is 0.314 e. The number of hydrogen-bond donors (Lipinski definition) is 1. The van der Waals surface area contributed by atoms with Crippen LogP contribution in [0.5, 0.6) is 0 Å². The molecule has 0 amide bonds. The van der Waals surface area contributed by atoms with Crippen molar-refractivity contribution in [2.24, 2.45) is 0 Å². The van der Waals surface area contributed by atoms with Crippen LogP contribution in [0.15, 0.2) is 29.2 Å². The van der Waals surface area contributed by atoms with Gasteiger partial charge < -0.3 is 4.57 Å². The van der Waals surface area contributed by atoms with Gasteiger partial charge in [0.15, 0.2) is 0 Å². The molecular weight excluding hydrogens is 312 g/mol. The van der Waals surface area contributed by atoms with E-state index in [-0.39, 0.29) is 6.54 Å². The summed E-state index contributed by atoms with van der Waals surface area (Å²) in [5, 5.41) is 8.19. The minimum Gasteiger partial charge on any atom is -0.314 e. The molecule has 120 valence electrons. The van der Waals surface area contributed by atoms with Crippen molar-refractivity contribution in [3.8, 4) is 0 Å². The van der Waals surface area contributed by atoms with Gasteiger partial charge in [0, 0.05) is 13.0 Å². The molecule has 2 aliphatic rings. The fourth-order valence-corrected chi connectivity index (χ4v) is 4.37. The van der Waals surface area contributed by atoms with Crippen LogP contribution < -0.4 is 4.72 Å². The van der Waals surface area contributed by atoms with Crippen LogP contribution in [-0.2, 0) is 36.0 Å². The van der Waals surface area contributed by atoms with Crippen LogP contribution in [0.25, 0.3) is 6.08 Å². The molecule has 7 heteroatoms. The number of rotatable bonds is 4. The summed E-state index contributed by atoms with van der Waals surface area (Å²) in [7, 11) is -3.49. The maximum Gasteiger partial charge on any atom is 0.237 e. The molecule has 1 aromatic carbocycles. The molecule has 23 heavy (non-hydrogen) atoms. The number of nitrogens with zero attached hydrogens (tertiary/aromatic N) is 3. The van der Waals surface area contributed by atoms with Crippen molar-refractivity contribution < 1.29 is 8.42 Å². The second-order valence-corrected chi connectivity index (χ2v) is 7.74.